The molecule has 1 atom stereocenters. The van der Waals surface area contributed by atoms with Gasteiger partial charge in [0.05, 0.1) is 77.3 Å². The highest BCUT2D eigenvalue weighted by Crippen LogP contribution is 2.46. The number of hydrogen-bond acceptors (Lipinski definition) is 13. The molecule has 0 aliphatic rings. The van der Waals surface area contributed by atoms with E-state index in [1.165, 1.54) is 54.8 Å². The number of benzene rings is 6. The summed E-state index contributed by atoms with van der Waals surface area (Å²) in [6.45, 7) is 25.8. The van der Waals surface area contributed by atoms with Crippen LogP contribution in [0.2, 0.25) is 19.6 Å². The largest absolute Gasteiger partial charge is 0.520 e. The van der Waals surface area contributed by atoms with Gasteiger partial charge < -0.3 is 19.0 Å². The van der Waals surface area contributed by atoms with Gasteiger partial charge in [0.1, 0.15) is 34.8 Å². The quantitative estimate of drug-likeness (QED) is 0.0380. The summed E-state index contributed by atoms with van der Waals surface area (Å²) in [6, 6.07) is 35.3. The van der Waals surface area contributed by atoms with E-state index < -0.39 is 30.7 Å². The van der Waals surface area contributed by atoms with Crippen LogP contribution in [0, 0.1) is 40.1 Å². The molecule has 10 rings (SSSR count). The monoisotopic (exact) mass is 1260 g/mol. The normalized spacial score (nSPS) is 12.5. The SMILES string of the molecule is CC(C)/C=C(\c1ccc2c(cnn2-c2ccc(F)cc2)c1)C(C)(C)C(=O)Nc1nncs1.COC(=O)C(C)(C)C(O)(CC(C)C)c1ccc2c(cnn2-c2ccc(F)cc2)c1.COC(O[Si](C)(C)C)=C(C)C.O=Cc1ccc2c(cnn2-c2ccc(F)cc2)c1. The first-order valence-electron chi connectivity index (χ1n) is 29.2. The molecule has 4 aromatic heterocycles. The van der Waals surface area contributed by atoms with Gasteiger partial charge >= 0.3 is 5.97 Å². The molecule has 10 aromatic rings. The Bertz CT molecular complexity index is 4150. The van der Waals surface area contributed by atoms with E-state index in [9.17, 15) is 32.7 Å². The number of aldehydes is 1. The van der Waals surface area contributed by atoms with Crippen LogP contribution in [0.5, 0.6) is 0 Å². The highest BCUT2D eigenvalue weighted by Gasteiger charge is 2.51. The van der Waals surface area contributed by atoms with Crippen LogP contribution in [0.15, 0.2) is 169 Å². The van der Waals surface area contributed by atoms with Crippen LogP contribution in [-0.4, -0.2) is 85.3 Å². The Morgan fingerprint density at radius 2 is 1.13 bits per heavy atom. The lowest BCUT2D eigenvalue weighted by atomic mass is 9.67. The van der Waals surface area contributed by atoms with Gasteiger partial charge in [-0.25, -0.2) is 27.2 Å². The number of hydrogen-bond donors (Lipinski definition) is 2. The minimum Gasteiger partial charge on any atom is -0.520 e. The highest BCUT2D eigenvalue weighted by molar-refractivity contribution is 7.13. The first-order chi connectivity index (χ1) is 42.5. The average molecular weight is 1260 g/mol. The summed E-state index contributed by atoms with van der Waals surface area (Å²) in [5, 5.41) is 38.6. The fourth-order valence-corrected chi connectivity index (χ4v) is 11.2. The molecule has 4 heterocycles. The summed E-state index contributed by atoms with van der Waals surface area (Å²) in [4.78, 5) is 36.3. The third-order valence-corrected chi connectivity index (χ3v) is 16.0. The zero-order valence-corrected chi connectivity index (χ0v) is 55.3. The fraction of sp³-hybridized carbons (Fsp3) is 0.304. The minimum absolute atomic E-state index is 0.150. The predicted octanol–water partition coefficient (Wildman–Crippen LogP) is 16.0. The molecule has 6 aromatic carbocycles. The van der Waals surface area contributed by atoms with Crippen LogP contribution >= 0.6 is 11.3 Å². The van der Waals surface area contributed by atoms with Gasteiger partial charge in [0, 0.05) is 27.3 Å². The van der Waals surface area contributed by atoms with Crippen LogP contribution in [0.4, 0.5) is 18.3 Å². The molecule has 90 heavy (non-hydrogen) atoms. The zero-order valence-electron chi connectivity index (χ0n) is 53.5. The van der Waals surface area contributed by atoms with Crippen LogP contribution in [-0.2, 0) is 29.1 Å². The van der Waals surface area contributed by atoms with Gasteiger partial charge in [-0.3, -0.25) is 19.7 Å². The van der Waals surface area contributed by atoms with Crippen molar-refractivity contribution in [2.75, 3.05) is 19.5 Å². The fourth-order valence-electron chi connectivity index (χ4n) is 9.96. The maximum atomic E-state index is 13.3. The highest BCUT2D eigenvalue weighted by atomic mass is 32.1. The molecule has 0 bridgehead atoms. The summed E-state index contributed by atoms with van der Waals surface area (Å²) in [7, 11) is 1.48. The molecule has 1 unspecified atom stereocenters. The number of carbonyl (C=O) groups is 3. The summed E-state index contributed by atoms with van der Waals surface area (Å²) in [5.41, 5.74) is 7.33. The number of fused-ring (bicyclic) bond motifs is 3. The van der Waals surface area contributed by atoms with Crippen molar-refractivity contribution in [2.45, 2.75) is 101 Å². The smallest absolute Gasteiger partial charge is 0.314 e. The third kappa shape index (κ3) is 16.4. The molecular weight excluding hydrogens is 1180 g/mol. The van der Waals surface area contributed by atoms with Gasteiger partial charge in [0.25, 0.3) is 5.95 Å². The number of aliphatic hydroxyl groups is 1. The van der Waals surface area contributed by atoms with E-state index in [0.717, 1.165) is 72.8 Å². The molecule has 0 fully saturated rings. The van der Waals surface area contributed by atoms with Gasteiger partial charge in [-0.2, -0.15) is 15.3 Å². The number of nitrogens with one attached hydrogen (secondary N) is 1. The summed E-state index contributed by atoms with van der Waals surface area (Å²) in [6.07, 6.45) is 8.48. The second-order valence-corrected chi connectivity index (χ2v) is 29.8. The zero-order chi connectivity index (χ0) is 65.9. The van der Waals surface area contributed by atoms with Crippen LogP contribution in [0.1, 0.15) is 97.1 Å². The first kappa shape index (κ1) is 68.4. The average Bonchev–Trinajstić information content (AvgIpc) is 1.16. The van der Waals surface area contributed by atoms with Gasteiger partial charge in [-0.15, -0.1) is 10.2 Å². The Labute approximate surface area is 528 Å². The molecule has 21 heteroatoms. The van der Waals surface area contributed by atoms with Crippen molar-refractivity contribution in [1.82, 2.24) is 39.5 Å². The maximum Gasteiger partial charge on any atom is 0.314 e. The Hall–Kier alpha value is -9.05. The number of anilines is 1. The van der Waals surface area contributed by atoms with Crippen LogP contribution in [0.25, 0.3) is 55.3 Å². The van der Waals surface area contributed by atoms with E-state index in [1.54, 1.807) is 108 Å². The third-order valence-electron chi connectivity index (χ3n) is 14.6. The minimum atomic E-state index is -1.49. The molecule has 0 saturated carbocycles. The van der Waals surface area contributed by atoms with Gasteiger partial charge in [0.15, 0.2) is 0 Å². The number of esters is 1. The van der Waals surface area contributed by atoms with Gasteiger partial charge in [-0.1, -0.05) is 57.2 Å². The Balaban J connectivity index is 0.000000182. The standard InChI is InChI=1S/C24H24FN5OS.C23H27FN2O3.C14H9FN2O.C8H18O2Si/c1-15(2)11-20(24(3,4)22(31)28-23-29-26-14-32-23)16-5-10-21-17(12-16)13-27-30(21)19-8-6-18(25)7-9-19;1-15(2)13-23(28,22(3,4)21(27)29-5)17-6-11-20-16(12-17)14-25-26(20)19-9-7-18(24)8-10-19;15-12-2-4-13(5-3-12)17-14-6-1-10(9-18)7-11(14)8-16-17;1-7(2)8(9-3)10-11(4,5)6/h5-15H,1-4H3,(H,28,29,31);6-12,14-15,28H,13H2,1-5H3;1-9H;1-6H3/b20-11+;;;. The van der Waals surface area contributed by atoms with Crippen LogP contribution in [0.3, 0.4) is 0 Å². The molecular formula is C69H78F3N9O7SSi. The number of methoxy groups -OCH3 is 2. The van der Waals surface area contributed by atoms with Crippen molar-refractivity contribution >= 4 is 81.2 Å². The molecule has 1 amide bonds. The molecule has 0 spiro atoms. The molecule has 0 aliphatic heterocycles. The van der Waals surface area contributed by atoms with E-state index in [1.807, 2.05) is 84.0 Å². The Morgan fingerprint density at radius 3 is 1.53 bits per heavy atom. The van der Waals surface area contributed by atoms with E-state index in [4.69, 9.17) is 13.9 Å². The van der Waals surface area contributed by atoms with E-state index in [2.05, 4.69) is 70.4 Å². The second kappa shape index (κ2) is 29.1. The van der Waals surface area contributed by atoms with Crippen molar-refractivity contribution in [2.24, 2.45) is 22.7 Å². The number of aromatic nitrogens is 8. The topological polar surface area (TPSA) is 190 Å². The number of halogens is 3. The summed E-state index contributed by atoms with van der Waals surface area (Å²) < 4.78 is 60.3. The molecule has 0 aliphatic carbocycles. The Kier molecular flexibility index (Phi) is 22.1. The first-order valence-corrected chi connectivity index (χ1v) is 33.5. The number of rotatable bonds is 17. The lowest BCUT2D eigenvalue weighted by molar-refractivity contribution is -0.172. The second-order valence-electron chi connectivity index (χ2n) is 24.5. The van der Waals surface area contributed by atoms with E-state index in [0.29, 0.717) is 28.6 Å². The number of amides is 1. The van der Waals surface area contributed by atoms with Crippen molar-refractivity contribution in [3.05, 3.63) is 203 Å². The van der Waals surface area contributed by atoms with Crippen molar-refractivity contribution < 1.29 is 46.6 Å². The molecule has 0 radical (unpaired) electrons. The molecule has 16 nitrogen and oxygen atoms in total. The van der Waals surface area contributed by atoms with Crippen molar-refractivity contribution in [3.8, 4) is 17.1 Å². The number of ether oxygens (including phenoxy) is 2. The van der Waals surface area contributed by atoms with Gasteiger partial charge in [-0.05, 0) is 211 Å². The number of allylic oxidation sites excluding steroid dienone is 2. The number of nitrogens with zero attached hydrogens (tertiary/aromatic N) is 8. The molecule has 0 saturated heterocycles. The van der Waals surface area contributed by atoms with E-state index in [-0.39, 0.29) is 35.2 Å². The predicted molar refractivity (Wildman–Crippen MR) is 353 cm³/mol. The number of carbonyl (C=O) groups excluding carboxylic acids is 3. The van der Waals surface area contributed by atoms with E-state index >= 15 is 0 Å². The lowest BCUT2D eigenvalue weighted by Gasteiger charge is -2.42. The summed E-state index contributed by atoms with van der Waals surface area (Å²) >= 11 is 1.28. The molecule has 472 valence electrons. The maximum absolute atomic E-state index is 13.3. The Morgan fingerprint density at radius 1 is 0.667 bits per heavy atom. The van der Waals surface area contributed by atoms with Gasteiger partial charge in [0.2, 0.25) is 19.4 Å². The van der Waals surface area contributed by atoms with Crippen molar-refractivity contribution in [1.29, 1.82) is 0 Å². The van der Waals surface area contributed by atoms with Crippen LogP contribution < -0.4 is 5.32 Å². The summed E-state index contributed by atoms with van der Waals surface area (Å²) in [5.74, 6) is -0.410. The van der Waals surface area contributed by atoms with Crippen molar-refractivity contribution in [3.63, 3.8) is 0 Å². The molecule has 2 N–H and O–H groups in total. The lowest BCUT2D eigenvalue weighted by Crippen LogP contribution is -2.48.